The van der Waals surface area contributed by atoms with Crippen molar-refractivity contribution in [3.05, 3.63) is 46.2 Å². The van der Waals surface area contributed by atoms with E-state index in [0.717, 1.165) is 24.8 Å². The van der Waals surface area contributed by atoms with Crippen molar-refractivity contribution in [2.45, 2.75) is 32.7 Å². The van der Waals surface area contributed by atoms with Crippen molar-refractivity contribution in [3.63, 3.8) is 0 Å². The zero-order valence-electron chi connectivity index (χ0n) is 16.7. The molecule has 2 rings (SSSR count). The summed E-state index contributed by atoms with van der Waals surface area (Å²) in [5, 5.41) is 23.2. The number of nitrogens with one attached hydrogen (secondary N) is 5. The molecule has 11 heteroatoms. The smallest absolute Gasteiger partial charge is 0.280 e. The molecule has 0 spiro atoms. The third kappa shape index (κ3) is 7.21. The van der Waals surface area contributed by atoms with E-state index < -0.39 is 5.91 Å². The van der Waals surface area contributed by atoms with E-state index in [0.29, 0.717) is 18.9 Å². The van der Waals surface area contributed by atoms with E-state index in [4.69, 9.17) is 33.9 Å². The Labute approximate surface area is 179 Å². The number of hydrogen-bond donors (Lipinski definition) is 7. The summed E-state index contributed by atoms with van der Waals surface area (Å²) in [6.45, 7) is 2.89. The number of nitrogens with zero attached hydrogens (tertiary/aromatic N) is 2. The minimum Gasteiger partial charge on any atom is -0.382 e. The molecular formula is C19H26ClN9O. The average Bonchev–Trinajstić information content (AvgIpc) is 2.69. The van der Waals surface area contributed by atoms with Crippen LogP contribution in [-0.2, 0) is 13.0 Å². The first-order valence-corrected chi connectivity index (χ1v) is 9.73. The van der Waals surface area contributed by atoms with Crippen LogP contribution in [0.1, 0.15) is 41.4 Å². The summed E-state index contributed by atoms with van der Waals surface area (Å²) in [4.78, 5) is 19.7. The number of carbonyl (C=O) groups is 1. The molecule has 30 heavy (non-hydrogen) atoms. The number of benzene rings is 1. The molecule has 1 aromatic heterocycles. The predicted molar refractivity (Wildman–Crippen MR) is 119 cm³/mol. The number of aromatic nitrogens is 2. The molecule has 1 heterocycles. The molecular weight excluding hydrogens is 406 g/mol. The number of halogens is 1. The maximum atomic E-state index is 12.1. The molecule has 9 N–H and O–H groups in total. The van der Waals surface area contributed by atoms with Gasteiger partial charge in [-0.1, -0.05) is 35.9 Å². The highest BCUT2D eigenvalue weighted by Gasteiger charge is 2.16. The quantitative estimate of drug-likeness (QED) is 0.188. The summed E-state index contributed by atoms with van der Waals surface area (Å²) in [5.74, 6) is -0.620. The van der Waals surface area contributed by atoms with Crippen LogP contribution in [0.5, 0.6) is 0 Å². The summed E-state index contributed by atoms with van der Waals surface area (Å²) in [6.07, 6.45) is 2.66. The van der Waals surface area contributed by atoms with E-state index >= 15 is 0 Å². The summed E-state index contributed by atoms with van der Waals surface area (Å²) in [6, 6.07) is 8.25. The van der Waals surface area contributed by atoms with Gasteiger partial charge >= 0.3 is 0 Å². The maximum absolute atomic E-state index is 12.1. The maximum Gasteiger partial charge on any atom is 0.280 e. The summed E-state index contributed by atoms with van der Waals surface area (Å²) in [5.41, 5.74) is 13.3. The van der Waals surface area contributed by atoms with Gasteiger partial charge in [-0.2, -0.15) is 0 Å². The van der Waals surface area contributed by atoms with E-state index in [2.05, 4.69) is 38.1 Å². The van der Waals surface area contributed by atoms with Crippen molar-refractivity contribution in [1.29, 1.82) is 10.8 Å². The number of nitrogens with two attached hydrogens (primary N) is 2. The first-order valence-electron chi connectivity index (χ1n) is 9.35. The van der Waals surface area contributed by atoms with Gasteiger partial charge in [0, 0.05) is 13.1 Å². The second-order valence-corrected chi connectivity index (χ2v) is 7.00. The number of amidine groups is 1. The number of guanidine groups is 1. The van der Waals surface area contributed by atoms with Crippen molar-refractivity contribution < 1.29 is 4.79 Å². The van der Waals surface area contributed by atoms with Crippen LogP contribution in [0.15, 0.2) is 24.3 Å². The predicted octanol–water partition coefficient (Wildman–Crippen LogP) is 1.66. The molecule has 160 valence electrons. The molecule has 1 amide bonds. The molecule has 0 bridgehead atoms. The SMILES string of the molecule is CC(=N)NCc1ccc(CCCCNC(=N)NC(=O)c2nc(Cl)c(N)nc2N)cc1. The summed E-state index contributed by atoms with van der Waals surface area (Å²) >= 11 is 5.76. The van der Waals surface area contributed by atoms with Gasteiger partial charge in [0.25, 0.3) is 5.91 Å². The number of nitrogen functional groups attached to an aromatic ring is 2. The minimum absolute atomic E-state index is 0.0633. The fraction of sp³-hybridized carbons (Fsp3) is 0.316. The Morgan fingerprint density at radius 2 is 1.70 bits per heavy atom. The number of aryl methyl sites for hydroxylation is 1. The minimum atomic E-state index is -0.688. The Kier molecular flexibility index (Phi) is 8.36. The van der Waals surface area contributed by atoms with Crippen molar-refractivity contribution >= 4 is 40.9 Å². The van der Waals surface area contributed by atoms with E-state index in [1.165, 1.54) is 5.56 Å². The topological polar surface area (TPSA) is 179 Å². The molecule has 0 saturated carbocycles. The van der Waals surface area contributed by atoms with Gasteiger partial charge in [-0.3, -0.25) is 20.9 Å². The largest absolute Gasteiger partial charge is 0.382 e. The molecule has 0 fully saturated rings. The standard InChI is InChI=1S/C19H26ClN9O/c1-11(21)26-10-13-7-5-12(6-8-13)4-2-3-9-25-19(24)29-18(30)14-16(22)28-17(23)15(20)27-14/h5-8H,2-4,9-10H2,1H3,(H2,21,26)(H4,22,23,28)(H3,24,25,29,30). The molecule has 0 radical (unpaired) electrons. The summed E-state index contributed by atoms with van der Waals surface area (Å²) in [7, 11) is 0. The van der Waals surface area contributed by atoms with Gasteiger partial charge in [-0.25, -0.2) is 9.97 Å². The molecule has 10 nitrogen and oxygen atoms in total. The van der Waals surface area contributed by atoms with Crippen LogP contribution in [-0.4, -0.2) is 34.2 Å². The van der Waals surface area contributed by atoms with Crippen molar-refractivity contribution in [1.82, 2.24) is 25.9 Å². The normalized spacial score (nSPS) is 10.3. The average molecular weight is 432 g/mol. The molecule has 0 aliphatic rings. The number of hydrogen-bond acceptors (Lipinski definition) is 7. The highest BCUT2D eigenvalue weighted by Crippen LogP contribution is 2.17. The molecule has 0 saturated heterocycles. The number of anilines is 2. The highest BCUT2D eigenvalue weighted by molar-refractivity contribution is 6.31. The van der Waals surface area contributed by atoms with Gasteiger partial charge in [0.05, 0.1) is 5.84 Å². The fourth-order valence-corrected chi connectivity index (χ4v) is 2.68. The molecule has 0 unspecified atom stereocenters. The Morgan fingerprint density at radius 1 is 1.03 bits per heavy atom. The summed E-state index contributed by atoms with van der Waals surface area (Å²) < 4.78 is 0. The lowest BCUT2D eigenvalue weighted by molar-refractivity contribution is 0.0971. The van der Waals surface area contributed by atoms with Crippen molar-refractivity contribution in [3.8, 4) is 0 Å². The van der Waals surface area contributed by atoms with E-state index in [-0.39, 0.29) is 28.4 Å². The van der Waals surface area contributed by atoms with Crippen LogP contribution in [0.25, 0.3) is 0 Å². The lowest BCUT2D eigenvalue weighted by Crippen LogP contribution is -2.41. The lowest BCUT2D eigenvalue weighted by atomic mass is 10.1. The molecule has 1 aromatic carbocycles. The first kappa shape index (κ1) is 22.9. The van der Waals surface area contributed by atoms with Crippen molar-refractivity contribution in [2.24, 2.45) is 0 Å². The molecule has 0 aliphatic heterocycles. The zero-order chi connectivity index (χ0) is 22.1. The molecule has 0 aliphatic carbocycles. The Morgan fingerprint density at radius 3 is 2.37 bits per heavy atom. The molecule has 2 aromatic rings. The third-order valence-electron chi connectivity index (χ3n) is 4.13. The van der Waals surface area contributed by atoms with Gasteiger partial charge in [0.2, 0.25) is 0 Å². The second kappa shape index (κ2) is 11.0. The first-order chi connectivity index (χ1) is 14.3. The van der Waals surface area contributed by atoms with Gasteiger partial charge in [-0.15, -0.1) is 0 Å². The Hall–Kier alpha value is -3.40. The van der Waals surface area contributed by atoms with E-state index in [1.807, 2.05) is 12.1 Å². The van der Waals surface area contributed by atoms with Crippen LogP contribution in [0.2, 0.25) is 5.15 Å². The van der Waals surface area contributed by atoms with Crippen LogP contribution in [0.4, 0.5) is 11.6 Å². The number of amides is 1. The van der Waals surface area contributed by atoms with Gasteiger partial charge in [-0.05, 0) is 37.3 Å². The fourth-order valence-electron chi connectivity index (χ4n) is 2.55. The highest BCUT2D eigenvalue weighted by atomic mass is 35.5. The van der Waals surface area contributed by atoms with Gasteiger partial charge in [0.1, 0.15) is 0 Å². The lowest BCUT2D eigenvalue weighted by Gasteiger charge is -2.10. The van der Waals surface area contributed by atoms with Crippen LogP contribution in [0.3, 0.4) is 0 Å². The second-order valence-electron chi connectivity index (χ2n) is 6.64. The van der Waals surface area contributed by atoms with Gasteiger partial charge in [0.15, 0.2) is 28.4 Å². The number of unbranched alkanes of at least 4 members (excludes halogenated alkanes) is 1. The van der Waals surface area contributed by atoms with E-state index in [1.54, 1.807) is 6.92 Å². The third-order valence-corrected chi connectivity index (χ3v) is 4.41. The van der Waals surface area contributed by atoms with Crippen LogP contribution in [0, 0.1) is 10.8 Å². The van der Waals surface area contributed by atoms with E-state index in [9.17, 15) is 4.79 Å². The number of carbonyl (C=O) groups excluding carboxylic acids is 1. The van der Waals surface area contributed by atoms with Crippen molar-refractivity contribution in [2.75, 3.05) is 18.0 Å². The Balaban J connectivity index is 1.68. The molecule has 0 atom stereocenters. The van der Waals surface area contributed by atoms with Crippen LogP contribution < -0.4 is 27.4 Å². The Bertz CT molecular complexity index is 915. The van der Waals surface area contributed by atoms with Gasteiger partial charge < -0.3 is 22.1 Å². The zero-order valence-corrected chi connectivity index (χ0v) is 17.4. The van der Waals surface area contributed by atoms with Crippen LogP contribution >= 0.6 is 11.6 Å². The monoisotopic (exact) mass is 431 g/mol. The number of rotatable bonds is 8.